The molecule has 4 heteroatoms. The van der Waals surface area contributed by atoms with E-state index in [0.717, 1.165) is 25.7 Å². The van der Waals surface area contributed by atoms with Gasteiger partial charge in [0.2, 0.25) is 0 Å². The van der Waals surface area contributed by atoms with Gasteiger partial charge in [-0.2, -0.15) is 0 Å². The molecule has 0 aromatic carbocycles. The standard InChI is InChI=1S/C33H58O3Si/c1-23-19-21-33(36,37(9,10)30(3,4)5)22-26(23)15-14-25-12-11-20-32(8)27(16-17-28(25)32)24(2)13-18-29(34)31(6,7)35/h14-15,24,27-29,34-36H,1,11-13,16-22H2,2-10H3/t24-,27-,28?,29?,32-,33-/m1/s1. The minimum atomic E-state index is -1.93. The first-order valence-corrected chi connectivity index (χ1v) is 18.0. The molecule has 0 aromatic rings. The van der Waals surface area contributed by atoms with Gasteiger partial charge in [0, 0.05) is 0 Å². The first-order valence-electron chi connectivity index (χ1n) is 15.0. The van der Waals surface area contributed by atoms with E-state index >= 15 is 0 Å². The van der Waals surface area contributed by atoms with Crippen molar-refractivity contribution in [3.63, 3.8) is 0 Å². The van der Waals surface area contributed by atoms with E-state index in [2.05, 4.69) is 66.4 Å². The summed E-state index contributed by atoms with van der Waals surface area (Å²) < 4.78 is 0. The summed E-state index contributed by atoms with van der Waals surface area (Å²) >= 11 is 0. The highest BCUT2D eigenvalue weighted by Crippen LogP contribution is 2.60. The van der Waals surface area contributed by atoms with Crippen molar-refractivity contribution < 1.29 is 15.3 Å². The van der Waals surface area contributed by atoms with E-state index in [1.54, 1.807) is 19.4 Å². The predicted molar refractivity (Wildman–Crippen MR) is 160 cm³/mol. The van der Waals surface area contributed by atoms with Gasteiger partial charge in [0.25, 0.3) is 0 Å². The van der Waals surface area contributed by atoms with E-state index in [1.165, 1.54) is 43.3 Å². The van der Waals surface area contributed by atoms with Crippen LogP contribution in [0.15, 0.2) is 35.5 Å². The Morgan fingerprint density at radius 1 is 1.05 bits per heavy atom. The SMILES string of the molecule is C=C1CC[C@@](O)([Si](C)(C)C(C)(C)C)CC1=CC=C1CCC[C@@]2(C)C1CC[C@@H]2[C@H](C)CCC(O)C(C)(C)O. The van der Waals surface area contributed by atoms with Gasteiger partial charge in [0.1, 0.15) is 0 Å². The molecule has 0 heterocycles. The zero-order valence-corrected chi connectivity index (χ0v) is 26.6. The average molecular weight is 531 g/mol. The molecule has 3 rings (SSSR count). The fraction of sp³-hybridized carbons (Fsp3) is 0.818. The van der Waals surface area contributed by atoms with Crippen LogP contribution < -0.4 is 0 Å². The number of aliphatic hydroxyl groups excluding tert-OH is 1. The minimum absolute atomic E-state index is 0.147. The first kappa shape index (κ1) is 30.9. The molecule has 2 unspecified atom stereocenters. The van der Waals surface area contributed by atoms with Crippen LogP contribution in [0.5, 0.6) is 0 Å². The monoisotopic (exact) mass is 530 g/mol. The van der Waals surface area contributed by atoms with Crippen LogP contribution in [0.1, 0.15) is 113 Å². The summed E-state index contributed by atoms with van der Waals surface area (Å²) in [6.07, 6.45) is 14.4. The average Bonchev–Trinajstić information content (AvgIpc) is 3.14. The lowest BCUT2D eigenvalue weighted by atomic mass is 9.60. The third-order valence-electron chi connectivity index (χ3n) is 11.8. The van der Waals surface area contributed by atoms with Crippen LogP contribution in [0.4, 0.5) is 0 Å². The van der Waals surface area contributed by atoms with Crippen molar-refractivity contribution in [3.05, 3.63) is 35.5 Å². The largest absolute Gasteiger partial charge is 0.393 e. The summed E-state index contributed by atoms with van der Waals surface area (Å²) in [5, 5.41) is 32.0. The highest BCUT2D eigenvalue weighted by Gasteiger charge is 2.54. The Kier molecular flexibility index (Phi) is 8.93. The molecule has 0 aliphatic heterocycles. The molecule has 0 radical (unpaired) electrons. The maximum absolute atomic E-state index is 11.9. The molecule has 6 atom stereocenters. The second-order valence-electron chi connectivity index (χ2n) is 15.4. The van der Waals surface area contributed by atoms with Crippen LogP contribution in [0.2, 0.25) is 18.1 Å². The summed E-state index contributed by atoms with van der Waals surface area (Å²) in [7, 11) is -1.93. The number of rotatable bonds is 7. The molecule has 3 saturated carbocycles. The van der Waals surface area contributed by atoms with Gasteiger partial charge in [-0.15, -0.1) is 0 Å². The van der Waals surface area contributed by atoms with Gasteiger partial charge in [0.15, 0.2) is 0 Å². The lowest BCUT2D eigenvalue weighted by Crippen LogP contribution is -2.60. The Morgan fingerprint density at radius 2 is 1.70 bits per heavy atom. The van der Waals surface area contributed by atoms with Crippen molar-refractivity contribution in [2.75, 3.05) is 0 Å². The van der Waals surface area contributed by atoms with E-state index in [9.17, 15) is 15.3 Å². The molecule has 37 heavy (non-hydrogen) atoms. The van der Waals surface area contributed by atoms with Crippen molar-refractivity contribution in [3.8, 4) is 0 Å². The van der Waals surface area contributed by atoms with E-state index in [4.69, 9.17) is 0 Å². The third-order valence-corrected chi connectivity index (χ3v) is 18.3. The Hall–Kier alpha value is -0.683. The highest BCUT2D eigenvalue weighted by molar-refractivity contribution is 6.82. The van der Waals surface area contributed by atoms with Gasteiger partial charge < -0.3 is 15.3 Å². The molecule has 3 N–H and O–H groups in total. The first-order chi connectivity index (χ1) is 16.8. The molecule has 0 aromatic heterocycles. The van der Waals surface area contributed by atoms with Crippen molar-refractivity contribution >= 4 is 8.07 Å². The molecule has 0 bridgehead atoms. The Morgan fingerprint density at radius 3 is 2.30 bits per heavy atom. The van der Waals surface area contributed by atoms with Crippen molar-refractivity contribution in [1.82, 2.24) is 0 Å². The molecule has 212 valence electrons. The van der Waals surface area contributed by atoms with Crippen LogP contribution in [-0.2, 0) is 0 Å². The van der Waals surface area contributed by atoms with E-state index in [-0.39, 0.29) is 5.04 Å². The predicted octanol–water partition coefficient (Wildman–Crippen LogP) is 8.12. The summed E-state index contributed by atoms with van der Waals surface area (Å²) in [6, 6.07) is 0. The van der Waals surface area contributed by atoms with Crippen molar-refractivity contribution in [1.29, 1.82) is 0 Å². The van der Waals surface area contributed by atoms with Gasteiger partial charge in [-0.25, -0.2) is 0 Å². The fourth-order valence-electron chi connectivity index (χ4n) is 7.85. The maximum atomic E-state index is 11.9. The molecule has 3 nitrogen and oxygen atoms in total. The number of hydrogen-bond donors (Lipinski definition) is 3. The van der Waals surface area contributed by atoms with Gasteiger partial charge in [-0.05, 0) is 112 Å². The zero-order chi connectivity index (χ0) is 28.0. The topological polar surface area (TPSA) is 60.7 Å². The van der Waals surface area contributed by atoms with Gasteiger partial charge in [-0.1, -0.05) is 77.6 Å². The van der Waals surface area contributed by atoms with Gasteiger partial charge >= 0.3 is 0 Å². The van der Waals surface area contributed by atoms with Crippen molar-refractivity contribution in [2.45, 2.75) is 148 Å². The number of allylic oxidation sites excluding steroid dienone is 4. The lowest BCUT2D eigenvalue weighted by Gasteiger charge is -2.52. The van der Waals surface area contributed by atoms with Gasteiger partial charge in [-0.3, -0.25) is 0 Å². The molecular weight excluding hydrogens is 472 g/mol. The normalized spacial score (nSPS) is 35.6. The molecule has 0 amide bonds. The molecular formula is C33H58O3Si. The third kappa shape index (κ3) is 6.08. The Bertz CT molecular complexity index is 902. The van der Waals surface area contributed by atoms with E-state index < -0.39 is 25.0 Å². The molecule has 0 spiro atoms. The van der Waals surface area contributed by atoms with Crippen LogP contribution in [0, 0.1) is 23.2 Å². The van der Waals surface area contributed by atoms with E-state index in [1.807, 2.05) is 0 Å². The van der Waals surface area contributed by atoms with E-state index in [0.29, 0.717) is 29.6 Å². The quantitative estimate of drug-likeness (QED) is 0.291. The zero-order valence-electron chi connectivity index (χ0n) is 25.6. The van der Waals surface area contributed by atoms with Crippen LogP contribution in [0.25, 0.3) is 0 Å². The van der Waals surface area contributed by atoms with Crippen LogP contribution in [0.3, 0.4) is 0 Å². The fourth-order valence-corrected chi connectivity index (χ4v) is 10.6. The maximum Gasteiger partial charge on any atom is 0.0908 e. The molecule has 3 fully saturated rings. The summed E-state index contributed by atoms with van der Waals surface area (Å²) in [5.41, 5.74) is 3.36. The lowest BCUT2D eigenvalue weighted by molar-refractivity contribution is -0.0554. The second-order valence-corrected chi connectivity index (χ2v) is 21.1. The van der Waals surface area contributed by atoms with Crippen molar-refractivity contribution in [2.24, 2.45) is 23.2 Å². The number of fused-ring (bicyclic) bond motifs is 1. The minimum Gasteiger partial charge on any atom is -0.393 e. The Balaban J connectivity index is 1.78. The smallest absolute Gasteiger partial charge is 0.0908 e. The van der Waals surface area contributed by atoms with Gasteiger partial charge in [0.05, 0.1) is 25.0 Å². The number of aliphatic hydroxyl groups is 3. The molecule has 3 aliphatic carbocycles. The molecule has 0 saturated heterocycles. The molecule has 3 aliphatic rings. The Labute approximate surface area is 229 Å². The summed E-state index contributed by atoms with van der Waals surface area (Å²) in [5.74, 6) is 1.83. The van der Waals surface area contributed by atoms with Crippen LogP contribution >= 0.6 is 0 Å². The number of hydrogen-bond acceptors (Lipinski definition) is 3. The highest BCUT2D eigenvalue weighted by atomic mass is 28.3. The second kappa shape index (κ2) is 10.7. The summed E-state index contributed by atoms with van der Waals surface area (Å²) in [6.45, 7) is 24.3. The summed E-state index contributed by atoms with van der Waals surface area (Å²) in [4.78, 5) is 0. The van der Waals surface area contributed by atoms with Crippen LogP contribution in [-0.4, -0.2) is 40.3 Å².